The van der Waals surface area contributed by atoms with E-state index in [1.165, 1.54) is 7.11 Å². The van der Waals surface area contributed by atoms with Crippen molar-refractivity contribution in [2.45, 2.75) is 32.7 Å². The Balaban J connectivity index is 4.15. The Morgan fingerprint density at radius 3 is 2.33 bits per heavy atom. The van der Waals surface area contributed by atoms with Crippen LogP contribution in [0.5, 0.6) is 0 Å². The lowest BCUT2D eigenvalue weighted by molar-refractivity contribution is -0.142. The number of carboxylic acid groups (broad SMARTS) is 1. The van der Waals surface area contributed by atoms with Crippen molar-refractivity contribution < 1.29 is 24.2 Å². The van der Waals surface area contributed by atoms with Gasteiger partial charge < -0.3 is 20.5 Å². The van der Waals surface area contributed by atoms with Crippen LogP contribution in [0.2, 0.25) is 0 Å². The second-order valence-corrected chi connectivity index (χ2v) is 4.25. The first-order chi connectivity index (χ1) is 8.36. The monoisotopic (exact) mass is 260 g/mol. The summed E-state index contributed by atoms with van der Waals surface area (Å²) in [7, 11) is 1.22. The summed E-state index contributed by atoms with van der Waals surface area (Å²) in [5, 5.41) is 13.7. The largest absolute Gasteiger partial charge is 0.480 e. The third-order valence-corrected chi connectivity index (χ3v) is 2.14. The van der Waals surface area contributed by atoms with Crippen LogP contribution in [0.15, 0.2) is 0 Å². The first-order valence-electron chi connectivity index (χ1n) is 5.70. The van der Waals surface area contributed by atoms with Crippen molar-refractivity contribution in [3.63, 3.8) is 0 Å². The van der Waals surface area contributed by atoms with Gasteiger partial charge >= 0.3 is 18.0 Å². The first-order valence-corrected chi connectivity index (χ1v) is 5.70. The van der Waals surface area contributed by atoms with Crippen molar-refractivity contribution in [3.05, 3.63) is 0 Å². The highest BCUT2D eigenvalue weighted by Crippen LogP contribution is 1.99. The van der Waals surface area contributed by atoms with Crippen LogP contribution < -0.4 is 10.6 Å². The molecule has 0 aromatic heterocycles. The molecule has 0 bridgehead atoms. The molecule has 0 spiro atoms. The van der Waals surface area contributed by atoms with Gasteiger partial charge in [0, 0.05) is 13.0 Å². The van der Waals surface area contributed by atoms with E-state index in [2.05, 4.69) is 15.4 Å². The normalized spacial score (nSPS) is 11.8. The molecule has 0 fully saturated rings. The minimum atomic E-state index is -1.18. The summed E-state index contributed by atoms with van der Waals surface area (Å²) in [6.07, 6.45) is -0.0605. The Labute approximate surface area is 106 Å². The minimum Gasteiger partial charge on any atom is -0.480 e. The van der Waals surface area contributed by atoms with Crippen LogP contribution in [-0.2, 0) is 14.3 Å². The number of carbonyl (C=O) groups excluding carboxylic acids is 2. The van der Waals surface area contributed by atoms with E-state index in [1.807, 2.05) is 13.8 Å². The second-order valence-electron chi connectivity index (χ2n) is 4.25. The fourth-order valence-electron chi connectivity index (χ4n) is 1.13. The van der Waals surface area contributed by atoms with Crippen LogP contribution in [0.25, 0.3) is 0 Å². The number of urea groups is 1. The van der Waals surface area contributed by atoms with E-state index in [4.69, 9.17) is 5.11 Å². The highest BCUT2D eigenvalue weighted by atomic mass is 16.5. The smallest absolute Gasteiger partial charge is 0.326 e. The zero-order valence-corrected chi connectivity index (χ0v) is 10.9. The zero-order chi connectivity index (χ0) is 14.1. The van der Waals surface area contributed by atoms with Crippen molar-refractivity contribution >= 4 is 18.0 Å². The van der Waals surface area contributed by atoms with Crippen molar-refractivity contribution in [1.82, 2.24) is 10.6 Å². The third-order valence-electron chi connectivity index (χ3n) is 2.14. The molecule has 2 amide bonds. The molecule has 0 aliphatic rings. The summed E-state index contributed by atoms with van der Waals surface area (Å²) in [4.78, 5) is 33.2. The number of amides is 2. The highest BCUT2D eigenvalue weighted by Gasteiger charge is 2.21. The van der Waals surface area contributed by atoms with Crippen LogP contribution in [0, 0.1) is 5.92 Å². The molecule has 0 rings (SSSR count). The van der Waals surface area contributed by atoms with Gasteiger partial charge in [0.2, 0.25) is 0 Å². The molecule has 0 aromatic carbocycles. The van der Waals surface area contributed by atoms with Gasteiger partial charge in [-0.15, -0.1) is 0 Å². The topological polar surface area (TPSA) is 105 Å². The van der Waals surface area contributed by atoms with E-state index in [0.717, 1.165) is 0 Å². The molecule has 0 heterocycles. The maximum atomic E-state index is 11.4. The average molecular weight is 260 g/mol. The maximum Gasteiger partial charge on any atom is 0.326 e. The van der Waals surface area contributed by atoms with Crippen LogP contribution >= 0.6 is 0 Å². The van der Waals surface area contributed by atoms with E-state index < -0.39 is 24.0 Å². The molecule has 7 nitrogen and oxygen atoms in total. The Morgan fingerprint density at radius 2 is 1.89 bits per heavy atom. The average Bonchev–Trinajstić information content (AvgIpc) is 2.30. The molecule has 104 valence electrons. The van der Waals surface area contributed by atoms with Gasteiger partial charge in [-0.05, 0) is 12.3 Å². The molecular weight excluding hydrogens is 240 g/mol. The molecule has 18 heavy (non-hydrogen) atoms. The fourth-order valence-corrected chi connectivity index (χ4v) is 1.13. The Hall–Kier alpha value is -1.79. The summed E-state index contributed by atoms with van der Waals surface area (Å²) in [5.41, 5.74) is 0. The minimum absolute atomic E-state index is 0.00287. The predicted molar refractivity (Wildman–Crippen MR) is 64.0 cm³/mol. The van der Waals surface area contributed by atoms with E-state index in [-0.39, 0.29) is 18.8 Å². The molecule has 7 heteroatoms. The molecule has 0 saturated carbocycles. The molecule has 0 aliphatic carbocycles. The van der Waals surface area contributed by atoms with E-state index in [1.54, 1.807) is 0 Å². The van der Waals surface area contributed by atoms with Gasteiger partial charge in [-0.3, -0.25) is 4.79 Å². The molecule has 0 aliphatic heterocycles. The number of aliphatic carboxylic acids is 1. The number of ether oxygens (including phenoxy) is 1. The quantitative estimate of drug-likeness (QED) is 0.573. The summed E-state index contributed by atoms with van der Waals surface area (Å²) >= 11 is 0. The van der Waals surface area contributed by atoms with Crippen molar-refractivity contribution in [2.75, 3.05) is 13.7 Å². The number of rotatable bonds is 7. The van der Waals surface area contributed by atoms with Crippen LogP contribution in [0.1, 0.15) is 26.7 Å². The van der Waals surface area contributed by atoms with Crippen LogP contribution in [-0.4, -0.2) is 42.8 Å². The predicted octanol–water partition coefficient (Wildman–Crippen LogP) is 0.348. The lowest BCUT2D eigenvalue weighted by Gasteiger charge is -2.15. The Kier molecular flexibility index (Phi) is 7.50. The number of methoxy groups -OCH3 is 1. The number of nitrogens with one attached hydrogen (secondary N) is 2. The van der Waals surface area contributed by atoms with E-state index >= 15 is 0 Å². The standard InChI is InChI=1S/C11H20N2O5/c1-7(2)6-12-11(17)13-8(10(15)16)4-5-9(14)18-3/h7-8H,4-6H2,1-3H3,(H,15,16)(H2,12,13,17)/t8-/m0/s1. The van der Waals surface area contributed by atoms with Gasteiger partial charge in [-0.1, -0.05) is 13.8 Å². The van der Waals surface area contributed by atoms with Gasteiger partial charge in [0.25, 0.3) is 0 Å². The Morgan fingerprint density at radius 1 is 1.28 bits per heavy atom. The lowest BCUT2D eigenvalue weighted by atomic mass is 10.1. The molecule has 0 unspecified atom stereocenters. The molecule has 0 aromatic rings. The number of esters is 1. The summed E-state index contributed by atoms with van der Waals surface area (Å²) in [6.45, 7) is 4.30. The first kappa shape index (κ1) is 16.2. The summed E-state index contributed by atoms with van der Waals surface area (Å²) < 4.78 is 4.40. The number of hydrogen-bond acceptors (Lipinski definition) is 4. The summed E-state index contributed by atoms with van der Waals surface area (Å²) in [6, 6.07) is -1.66. The number of carboxylic acids is 1. The number of carbonyl (C=O) groups is 3. The molecule has 1 atom stereocenters. The van der Waals surface area contributed by atoms with E-state index in [0.29, 0.717) is 6.54 Å². The van der Waals surface area contributed by atoms with Gasteiger partial charge in [0.15, 0.2) is 0 Å². The maximum absolute atomic E-state index is 11.4. The van der Waals surface area contributed by atoms with Crippen molar-refractivity contribution in [1.29, 1.82) is 0 Å². The van der Waals surface area contributed by atoms with Crippen LogP contribution in [0.4, 0.5) is 4.79 Å². The van der Waals surface area contributed by atoms with Gasteiger partial charge in [0.05, 0.1) is 7.11 Å². The fraction of sp³-hybridized carbons (Fsp3) is 0.727. The SMILES string of the molecule is COC(=O)CC[C@H](NC(=O)NCC(C)C)C(=O)O. The molecular formula is C11H20N2O5. The van der Waals surface area contributed by atoms with Crippen LogP contribution in [0.3, 0.4) is 0 Å². The summed E-state index contributed by atoms with van der Waals surface area (Å²) in [5.74, 6) is -1.42. The Bertz CT molecular complexity index is 304. The van der Waals surface area contributed by atoms with Gasteiger partial charge in [-0.25, -0.2) is 9.59 Å². The molecule has 0 radical (unpaired) electrons. The third kappa shape index (κ3) is 7.48. The van der Waals surface area contributed by atoms with Gasteiger partial charge in [-0.2, -0.15) is 0 Å². The van der Waals surface area contributed by atoms with E-state index in [9.17, 15) is 14.4 Å². The zero-order valence-electron chi connectivity index (χ0n) is 10.9. The van der Waals surface area contributed by atoms with Crippen molar-refractivity contribution in [3.8, 4) is 0 Å². The highest BCUT2D eigenvalue weighted by molar-refractivity contribution is 5.83. The molecule has 3 N–H and O–H groups in total. The van der Waals surface area contributed by atoms with Crippen molar-refractivity contribution in [2.24, 2.45) is 5.92 Å². The van der Waals surface area contributed by atoms with Gasteiger partial charge in [0.1, 0.15) is 6.04 Å². The molecule has 0 saturated heterocycles. The lowest BCUT2D eigenvalue weighted by Crippen LogP contribution is -2.47. The second kappa shape index (κ2) is 8.32. The number of hydrogen-bond donors (Lipinski definition) is 3.